The highest BCUT2D eigenvalue weighted by Gasteiger charge is 2.47. The van der Waals surface area contributed by atoms with E-state index in [-0.39, 0.29) is 5.91 Å². The highest BCUT2D eigenvalue weighted by atomic mass is 28.4. The van der Waals surface area contributed by atoms with Crippen LogP contribution in [0.1, 0.15) is 54.0 Å². The summed E-state index contributed by atoms with van der Waals surface area (Å²) < 4.78 is 6.99. The second-order valence-corrected chi connectivity index (χ2v) is 14.5. The summed E-state index contributed by atoms with van der Waals surface area (Å²) in [7, 11) is 3.72. The van der Waals surface area contributed by atoms with Crippen molar-refractivity contribution in [2.75, 3.05) is 26.0 Å². The first-order valence-electron chi connectivity index (χ1n) is 10.5. The molecule has 0 spiro atoms. The zero-order valence-corrected chi connectivity index (χ0v) is 20.7. The number of nitrogens with zero attached hydrogens (tertiary/aromatic N) is 3. The van der Waals surface area contributed by atoms with E-state index in [1.165, 1.54) is 0 Å². The van der Waals surface area contributed by atoms with E-state index < -0.39 is 8.32 Å². The zero-order valence-electron chi connectivity index (χ0n) is 19.7. The van der Waals surface area contributed by atoms with Crippen LogP contribution in [0.25, 0.3) is 6.08 Å². The molecular formula is C23H37N3O2Si. The smallest absolute Gasteiger partial charge is 0.277 e. The van der Waals surface area contributed by atoms with Gasteiger partial charge in [0, 0.05) is 21.1 Å². The van der Waals surface area contributed by atoms with E-state index in [1.807, 2.05) is 33.2 Å². The Hall–Kier alpha value is -2.08. The van der Waals surface area contributed by atoms with Crippen LogP contribution >= 0.6 is 0 Å². The number of amides is 1. The average Bonchev–Trinajstić information content (AvgIpc) is 2.85. The number of hydrogen-bond acceptors (Lipinski definition) is 4. The van der Waals surface area contributed by atoms with Gasteiger partial charge in [-0.3, -0.25) is 9.69 Å². The number of aliphatic imine (C=N–C) groups is 1. The van der Waals surface area contributed by atoms with E-state index in [9.17, 15) is 4.79 Å². The lowest BCUT2D eigenvalue weighted by Crippen LogP contribution is -2.50. The van der Waals surface area contributed by atoms with Gasteiger partial charge in [-0.1, -0.05) is 47.6 Å². The Kier molecular flexibility index (Phi) is 6.99. The van der Waals surface area contributed by atoms with E-state index >= 15 is 0 Å². The average molecular weight is 416 g/mol. The fourth-order valence-corrected chi connectivity index (χ4v) is 9.74. The van der Waals surface area contributed by atoms with Crippen molar-refractivity contribution in [2.24, 2.45) is 4.99 Å². The van der Waals surface area contributed by atoms with Crippen LogP contribution in [0.4, 0.5) is 5.69 Å². The number of likely N-dealkylation sites (N-methyl/N-ethyl adjacent to an activating group) is 1. The molecule has 0 atom stereocenters. The Bertz CT molecular complexity index is 804. The van der Waals surface area contributed by atoms with Gasteiger partial charge in [-0.2, -0.15) is 0 Å². The Morgan fingerprint density at radius 1 is 1.07 bits per heavy atom. The molecule has 29 heavy (non-hydrogen) atoms. The maximum Gasteiger partial charge on any atom is 0.277 e. The molecule has 0 saturated carbocycles. The maximum atomic E-state index is 12.4. The summed E-state index contributed by atoms with van der Waals surface area (Å²) in [6, 6.07) is 6.16. The van der Waals surface area contributed by atoms with E-state index in [0.29, 0.717) is 28.2 Å². The predicted octanol–water partition coefficient (Wildman–Crippen LogP) is 5.54. The van der Waals surface area contributed by atoms with Gasteiger partial charge in [-0.15, -0.1) is 0 Å². The van der Waals surface area contributed by atoms with Gasteiger partial charge in [-0.25, -0.2) is 4.99 Å². The van der Waals surface area contributed by atoms with Gasteiger partial charge in [0.1, 0.15) is 17.3 Å². The highest BCUT2D eigenvalue weighted by Crippen LogP contribution is 2.45. The van der Waals surface area contributed by atoms with E-state index in [0.717, 1.165) is 17.0 Å². The summed E-state index contributed by atoms with van der Waals surface area (Å²) in [6.07, 6.45) is 1.85. The van der Waals surface area contributed by atoms with Crippen LogP contribution in [0.2, 0.25) is 16.6 Å². The van der Waals surface area contributed by atoms with Crippen molar-refractivity contribution >= 4 is 31.8 Å². The lowest BCUT2D eigenvalue weighted by molar-refractivity contribution is -0.121. The van der Waals surface area contributed by atoms with Gasteiger partial charge >= 0.3 is 0 Å². The number of carbonyl (C=O) groups is 1. The lowest BCUT2D eigenvalue weighted by Gasteiger charge is -2.43. The molecule has 0 fully saturated rings. The molecule has 0 radical (unpaired) electrons. The molecule has 6 heteroatoms. The summed E-state index contributed by atoms with van der Waals surface area (Å²) in [6.45, 7) is 15.6. The van der Waals surface area contributed by atoms with Crippen molar-refractivity contribution in [2.45, 2.75) is 65.1 Å². The lowest BCUT2D eigenvalue weighted by atomic mass is 10.1. The van der Waals surface area contributed by atoms with Crippen LogP contribution < -0.4 is 9.33 Å². The van der Waals surface area contributed by atoms with Gasteiger partial charge in [-0.05, 0) is 47.3 Å². The first-order valence-corrected chi connectivity index (χ1v) is 12.6. The Morgan fingerprint density at radius 3 is 2.03 bits per heavy atom. The molecule has 1 aliphatic heterocycles. The molecule has 1 aromatic rings. The van der Waals surface area contributed by atoms with Crippen LogP contribution in [0, 0.1) is 0 Å². The zero-order chi connectivity index (χ0) is 22.1. The molecule has 0 aromatic heterocycles. The number of rotatable bonds is 7. The van der Waals surface area contributed by atoms with E-state index in [2.05, 4.69) is 63.6 Å². The largest absolute Gasteiger partial charge is 0.541 e. The molecule has 2 rings (SSSR count). The number of anilines is 1. The molecule has 0 saturated heterocycles. The maximum absolute atomic E-state index is 12.4. The molecule has 0 bridgehead atoms. The standard InChI is InChI=1S/C23H37N3O2Si/c1-15(2)29(16(3)4,17(5)6)28-22-14-19(11-12-21(22)25(8)9)13-20-23(27)26(10)18(7)24-20/h11-17H,1-10H3/b20-13-. The topological polar surface area (TPSA) is 45.1 Å². The summed E-state index contributed by atoms with van der Waals surface area (Å²) in [5.41, 5.74) is 3.90. The van der Waals surface area contributed by atoms with Crippen LogP contribution in [-0.2, 0) is 4.79 Å². The first-order chi connectivity index (χ1) is 13.4. The van der Waals surface area contributed by atoms with Gasteiger partial charge in [0.25, 0.3) is 14.2 Å². The number of hydrogen-bond donors (Lipinski definition) is 0. The van der Waals surface area contributed by atoms with Gasteiger partial charge < -0.3 is 9.33 Å². The number of benzene rings is 1. The molecule has 0 unspecified atom stereocenters. The summed E-state index contributed by atoms with van der Waals surface area (Å²) in [4.78, 5) is 20.5. The molecule has 1 heterocycles. The normalized spacial score (nSPS) is 16.4. The van der Waals surface area contributed by atoms with Crippen LogP contribution in [0.5, 0.6) is 5.75 Å². The van der Waals surface area contributed by atoms with E-state index in [1.54, 1.807) is 11.9 Å². The fourth-order valence-electron chi connectivity index (χ4n) is 4.48. The first kappa shape index (κ1) is 23.2. The SMILES string of the molecule is CC1=N/C(=C\c2ccc(N(C)C)c(O[Si](C(C)C)(C(C)C)C(C)C)c2)C(=O)N1C. The minimum Gasteiger partial charge on any atom is -0.541 e. The Morgan fingerprint density at radius 2 is 1.62 bits per heavy atom. The Balaban J connectivity index is 2.56. The molecule has 160 valence electrons. The van der Waals surface area contributed by atoms with E-state index in [4.69, 9.17) is 4.43 Å². The molecule has 5 nitrogen and oxygen atoms in total. The van der Waals surface area contributed by atoms with Crippen molar-refractivity contribution in [3.8, 4) is 5.75 Å². The highest BCUT2D eigenvalue weighted by molar-refractivity contribution is 6.78. The minimum atomic E-state index is -2.10. The molecule has 1 amide bonds. The predicted molar refractivity (Wildman–Crippen MR) is 126 cm³/mol. The monoisotopic (exact) mass is 415 g/mol. The Labute approximate surface area is 177 Å². The van der Waals surface area contributed by atoms with Crippen molar-refractivity contribution in [3.63, 3.8) is 0 Å². The summed E-state index contributed by atoms with van der Waals surface area (Å²) in [5, 5.41) is 0. The van der Waals surface area contributed by atoms with Gasteiger partial charge in [0.2, 0.25) is 0 Å². The van der Waals surface area contributed by atoms with Crippen molar-refractivity contribution in [1.29, 1.82) is 0 Å². The third-order valence-corrected chi connectivity index (χ3v) is 12.0. The van der Waals surface area contributed by atoms with Crippen LogP contribution in [-0.4, -0.2) is 46.1 Å². The van der Waals surface area contributed by atoms with Gasteiger partial charge in [0.05, 0.1) is 5.69 Å². The van der Waals surface area contributed by atoms with Crippen LogP contribution in [0.3, 0.4) is 0 Å². The third-order valence-electron chi connectivity index (χ3n) is 6.05. The van der Waals surface area contributed by atoms with Crippen LogP contribution in [0.15, 0.2) is 28.9 Å². The van der Waals surface area contributed by atoms with Gasteiger partial charge in [0.15, 0.2) is 0 Å². The van der Waals surface area contributed by atoms with Crippen molar-refractivity contribution < 1.29 is 9.22 Å². The second-order valence-electron chi connectivity index (χ2n) is 9.09. The number of amidine groups is 1. The summed E-state index contributed by atoms with van der Waals surface area (Å²) >= 11 is 0. The molecule has 0 aliphatic carbocycles. The third kappa shape index (κ3) is 4.42. The number of carbonyl (C=O) groups excluding carboxylic acids is 1. The molecule has 1 aromatic carbocycles. The summed E-state index contributed by atoms with van der Waals surface area (Å²) in [5.74, 6) is 1.54. The van der Waals surface area contributed by atoms with Crippen molar-refractivity contribution in [1.82, 2.24) is 4.90 Å². The molecular weight excluding hydrogens is 378 g/mol. The van der Waals surface area contributed by atoms with Crippen molar-refractivity contribution in [3.05, 3.63) is 29.5 Å². The minimum absolute atomic E-state index is 0.0723. The molecule has 0 N–H and O–H groups in total. The second kappa shape index (κ2) is 8.74. The quantitative estimate of drug-likeness (QED) is 0.434. The fraction of sp³-hybridized carbons (Fsp3) is 0.565. The molecule has 1 aliphatic rings.